The average Bonchev–Trinajstić information content (AvgIpc) is 3.33. The molecule has 0 bridgehead atoms. The first kappa shape index (κ1) is 18.6. The van der Waals surface area contributed by atoms with E-state index in [-0.39, 0.29) is 28.4 Å². The Morgan fingerprint density at radius 2 is 1.81 bits per heavy atom. The lowest BCUT2D eigenvalue weighted by atomic mass is 10.2. The first-order chi connectivity index (χ1) is 12.3. The molecule has 9 heteroatoms. The van der Waals surface area contributed by atoms with E-state index in [2.05, 4.69) is 10.6 Å². The number of thiophene rings is 1. The molecular weight excluding hydrogens is 374 g/mol. The fourth-order valence-electron chi connectivity index (χ4n) is 2.32. The molecule has 138 valence electrons. The number of amides is 2. The van der Waals surface area contributed by atoms with Crippen molar-refractivity contribution >= 4 is 38.9 Å². The molecular formula is C17H19N3O4S2. The minimum Gasteiger partial charge on any atom is -0.352 e. The zero-order chi connectivity index (χ0) is 18.7. The zero-order valence-electron chi connectivity index (χ0n) is 13.9. The van der Waals surface area contributed by atoms with E-state index in [0.717, 1.165) is 35.4 Å². The highest BCUT2D eigenvalue weighted by Crippen LogP contribution is 2.30. The molecule has 26 heavy (non-hydrogen) atoms. The van der Waals surface area contributed by atoms with Crippen LogP contribution in [0.25, 0.3) is 0 Å². The van der Waals surface area contributed by atoms with Crippen LogP contribution >= 0.6 is 11.3 Å². The summed E-state index contributed by atoms with van der Waals surface area (Å²) < 4.78 is 22.5. The minimum absolute atomic E-state index is 0.0455. The third-order valence-corrected chi connectivity index (χ3v) is 6.44. The number of carbonyl (C=O) groups is 2. The number of rotatable bonds is 7. The molecule has 1 saturated carbocycles. The smallest absolute Gasteiger partial charge is 0.247 e. The number of nitrogens with two attached hydrogens (primary N) is 1. The van der Waals surface area contributed by atoms with E-state index in [1.807, 2.05) is 12.1 Å². The average molecular weight is 393 g/mol. The standard InChI is InChI=1S/C17H19N3O4S2/c18-26(23,24)16-8-7-14(25-16)9-15(21)19-10-11-1-5-13(6-2-11)20-17(22)12-3-4-12/h1-2,5-8,12H,3-4,9-10H2,(H,19,21)(H,20,22)(H2,18,23,24). The van der Waals surface area contributed by atoms with E-state index in [1.165, 1.54) is 6.07 Å². The highest BCUT2D eigenvalue weighted by molar-refractivity contribution is 7.91. The van der Waals surface area contributed by atoms with Gasteiger partial charge in [-0.25, -0.2) is 13.6 Å². The Hall–Kier alpha value is -2.23. The lowest BCUT2D eigenvalue weighted by molar-refractivity contribution is -0.120. The summed E-state index contributed by atoms with van der Waals surface area (Å²) >= 11 is 0.991. The van der Waals surface area contributed by atoms with Crippen LogP contribution in [0.2, 0.25) is 0 Å². The van der Waals surface area contributed by atoms with Crippen molar-refractivity contribution in [3.63, 3.8) is 0 Å². The molecule has 1 aromatic carbocycles. The topological polar surface area (TPSA) is 118 Å². The van der Waals surface area contributed by atoms with Crippen molar-refractivity contribution < 1.29 is 18.0 Å². The van der Waals surface area contributed by atoms with Gasteiger partial charge in [-0.2, -0.15) is 0 Å². The van der Waals surface area contributed by atoms with Crippen LogP contribution in [0.4, 0.5) is 5.69 Å². The Balaban J connectivity index is 1.48. The normalized spacial score (nSPS) is 14.0. The molecule has 1 aromatic heterocycles. The van der Waals surface area contributed by atoms with E-state index in [9.17, 15) is 18.0 Å². The molecule has 1 fully saturated rings. The lowest BCUT2D eigenvalue weighted by Crippen LogP contribution is -2.24. The van der Waals surface area contributed by atoms with Crippen molar-refractivity contribution in [2.45, 2.75) is 30.0 Å². The van der Waals surface area contributed by atoms with Gasteiger partial charge in [-0.3, -0.25) is 9.59 Å². The van der Waals surface area contributed by atoms with Crippen molar-refractivity contribution in [2.75, 3.05) is 5.32 Å². The molecule has 2 aromatic rings. The molecule has 0 aliphatic heterocycles. The van der Waals surface area contributed by atoms with Gasteiger partial charge >= 0.3 is 0 Å². The molecule has 0 saturated heterocycles. The molecule has 1 aliphatic carbocycles. The summed E-state index contributed by atoms with van der Waals surface area (Å²) in [5, 5.41) is 10.7. The maximum atomic E-state index is 12.0. The second kappa shape index (κ2) is 7.56. The molecule has 4 N–H and O–H groups in total. The third kappa shape index (κ3) is 5.13. The van der Waals surface area contributed by atoms with Crippen LogP contribution in [0.1, 0.15) is 23.3 Å². The van der Waals surface area contributed by atoms with Crippen molar-refractivity contribution in [1.29, 1.82) is 0 Å². The SMILES string of the molecule is NS(=O)(=O)c1ccc(CC(=O)NCc2ccc(NC(=O)C3CC3)cc2)s1. The van der Waals surface area contributed by atoms with Gasteiger partial charge in [0.2, 0.25) is 21.8 Å². The number of carbonyl (C=O) groups excluding carboxylic acids is 2. The number of nitrogens with one attached hydrogen (secondary N) is 2. The van der Waals surface area contributed by atoms with Crippen molar-refractivity contribution in [1.82, 2.24) is 5.32 Å². The summed E-state index contributed by atoms with van der Waals surface area (Å²) in [6.07, 6.45) is 2.01. The van der Waals surface area contributed by atoms with Gasteiger partial charge in [0.15, 0.2) is 0 Å². The molecule has 3 rings (SSSR count). The number of anilines is 1. The monoisotopic (exact) mass is 393 g/mol. The predicted octanol–water partition coefficient (Wildman–Crippen LogP) is 1.60. The zero-order valence-corrected chi connectivity index (χ0v) is 15.5. The first-order valence-corrected chi connectivity index (χ1v) is 10.5. The first-order valence-electron chi connectivity index (χ1n) is 8.09. The van der Waals surface area contributed by atoms with Gasteiger partial charge in [0, 0.05) is 23.0 Å². The molecule has 1 heterocycles. The highest BCUT2D eigenvalue weighted by atomic mass is 32.2. The quantitative estimate of drug-likeness (QED) is 0.662. The van der Waals surface area contributed by atoms with Gasteiger partial charge < -0.3 is 10.6 Å². The molecule has 0 atom stereocenters. The van der Waals surface area contributed by atoms with Crippen LogP contribution in [-0.2, 0) is 32.6 Å². The van der Waals surface area contributed by atoms with Crippen LogP contribution < -0.4 is 15.8 Å². The van der Waals surface area contributed by atoms with Crippen LogP contribution in [0.5, 0.6) is 0 Å². The highest BCUT2D eigenvalue weighted by Gasteiger charge is 2.29. The molecule has 0 spiro atoms. The van der Waals surface area contributed by atoms with Gasteiger partial charge in [-0.05, 0) is 42.7 Å². The summed E-state index contributed by atoms with van der Waals surface area (Å²) in [4.78, 5) is 24.3. The summed E-state index contributed by atoms with van der Waals surface area (Å²) in [7, 11) is -3.73. The fraction of sp³-hybridized carbons (Fsp3) is 0.294. The summed E-state index contributed by atoms with van der Waals surface area (Å²) in [5.74, 6) is 0.000728. The van der Waals surface area contributed by atoms with E-state index in [4.69, 9.17) is 5.14 Å². The number of hydrogen-bond acceptors (Lipinski definition) is 5. The molecule has 0 radical (unpaired) electrons. The Morgan fingerprint density at radius 1 is 1.12 bits per heavy atom. The van der Waals surface area contributed by atoms with Crippen LogP contribution in [0.3, 0.4) is 0 Å². The minimum atomic E-state index is -3.73. The van der Waals surface area contributed by atoms with Gasteiger partial charge in [-0.1, -0.05) is 12.1 Å². The second-order valence-electron chi connectivity index (χ2n) is 6.18. The maximum Gasteiger partial charge on any atom is 0.247 e. The van der Waals surface area contributed by atoms with Crippen LogP contribution in [-0.4, -0.2) is 20.2 Å². The number of primary sulfonamides is 1. The van der Waals surface area contributed by atoms with Gasteiger partial charge in [0.1, 0.15) is 4.21 Å². The molecule has 7 nitrogen and oxygen atoms in total. The second-order valence-corrected chi connectivity index (χ2v) is 9.14. The van der Waals surface area contributed by atoms with Crippen molar-refractivity contribution in [2.24, 2.45) is 11.1 Å². The number of sulfonamides is 1. The van der Waals surface area contributed by atoms with Gasteiger partial charge in [0.25, 0.3) is 0 Å². The Kier molecular flexibility index (Phi) is 5.40. The predicted molar refractivity (Wildman–Crippen MR) is 99.0 cm³/mol. The van der Waals surface area contributed by atoms with Gasteiger partial charge in [0.05, 0.1) is 6.42 Å². The van der Waals surface area contributed by atoms with Gasteiger partial charge in [-0.15, -0.1) is 11.3 Å². The maximum absolute atomic E-state index is 12.0. The van der Waals surface area contributed by atoms with Crippen molar-refractivity contribution in [3.05, 3.63) is 46.8 Å². The van der Waals surface area contributed by atoms with E-state index >= 15 is 0 Å². The summed E-state index contributed by atoms with van der Waals surface area (Å²) in [6, 6.07) is 10.3. The van der Waals surface area contributed by atoms with Crippen molar-refractivity contribution in [3.8, 4) is 0 Å². The van der Waals surface area contributed by atoms with E-state index in [0.29, 0.717) is 11.4 Å². The molecule has 2 amide bonds. The molecule has 1 aliphatic rings. The Morgan fingerprint density at radius 3 is 2.38 bits per heavy atom. The summed E-state index contributed by atoms with van der Waals surface area (Å²) in [6.45, 7) is 0.350. The van der Waals surface area contributed by atoms with Crippen LogP contribution in [0.15, 0.2) is 40.6 Å². The fourth-order valence-corrected chi connectivity index (χ4v) is 4.10. The van der Waals surface area contributed by atoms with E-state index in [1.54, 1.807) is 18.2 Å². The number of hydrogen-bond donors (Lipinski definition) is 3. The Bertz CT molecular complexity index is 916. The largest absolute Gasteiger partial charge is 0.352 e. The lowest BCUT2D eigenvalue weighted by Gasteiger charge is -2.07. The van der Waals surface area contributed by atoms with E-state index < -0.39 is 10.0 Å². The van der Waals surface area contributed by atoms with Crippen LogP contribution in [0, 0.1) is 5.92 Å². The Labute approximate surface area is 155 Å². The number of benzene rings is 1. The molecule has 0 unspecified atom stereocenters. The third-order valence-electron chi connectivity index (χ3n) is 3.91. The summed E-state index contributed by atoms with van der Waals surface area (Å²) in [5.41, 5.74) is 1.64.